The summed E-state index contributed by atoms with van der Waals surface area (Å²) < 4.78 is 1.86. The van der Waals surface area contributed by atoms with Crippen LogP contribution in [0.4, 0.5) is 0 Å². The third-order valence-electron chi connectivity index (χ3n) is 2.29. The molecule has 0 aliphatic heterocycles. The van der Waals surface area contributed by atoms with Crippen molar-refractivity contribution in [1.82, 2.24) is 9.78 Å². The highest BCUT2D eigenvalue weighted by Gasteiger charge is 2.05. The number of carbonyl (C=O) groups is 1. The van der Waals surface area contributed by atoms with E-state index in [9.17, 15) is 4.79 Å². The van der Waals surface area contributed by atoms with E-state index in [-0.39, 0.29) is 0 Å². The van der Waals surface area contributed by atoms with Crippen molar-refractivity contribution >= 4 is 5.78 Å². The van der Waals surface area contributed by atoms with Gasteiger partial charge in [-0.25, -0.2) is 0 Å². The van der Waals surface area contributed by atoms with Crippen LogP contribution in [-0.4, -0.2) is 15.6 Å². The molecule has 0 bridgehead atoms. The lowest BCUT2D eigenvalue weighted by molar-refractivity contribution is -0.119. The largest absolute Gasteiger partial charge is 0.300 e. The molecule has 0 aliphatic rings. The number of hydrogen-bond acceptors (Lipinski definition) is 2. The van der Waals surface area contributed by atoms with Crippen molar-refractivity contribution in [1.29, 1.82) is 0 Å². The van der Waals surface area contributed by atoms with Crippen LogP contribution in [0.3, 0.4) is 0 Å². The Balaban J connectivity index is 2.45. The van der Waals surface area contributed by atoms with E-state index in [4.69, 9.17) is 0 Å². The monoisotopic (exact) mass is 194 g/mol. The molecule has 0 unspecified atom stereocenters. The molecule has 0 aliphatic carbocycles. The lowest BCUT2D eigenvalue weighted by atomic mass is 10.1. The average molecular weight is 194 g/mol. The predicted octanol–water partition coefficient (Wildman–Crippen LogP) is 2.03. The maximum atomic E-state index is 11.3. The zero-order valence-electron chi connectivity index (χ0n) is 9.21. The van der Waals surface area contributed by atoms with E-state index in [2.05, 4.69) is 5.10 Å². The van der Waals surface area contributed by atoms with Gasteiger partial charge in [-0.1, -0.05) is 6.92 Å². The number of rotatable bonds is 5. The Kier molecular flexibility index (Phi) is 3.86. The van der Waals surface area contributed by atoms with Crippen LogP contribution in [0.2, 0.25) is 0 Å². The first-order valence-corrected chi connectivity index (χ1v) is 5.14. The number of hydrogen-bond donors (Lipinski definition) is 0. The summed E-state index contributed by atoms with van der Waals surface area (Å²) in [5, 5.41) is 4.24. The SMILES string of the molecule is CCCC(=O)CCc1cc(C)nn1C. The normalized spacial score (nSPS) is 10.5. The van der Waals surface area contributed by atoms with Gasteiger partial charge in [0.05, 0.1) is 5.69 Å². The fourth-order valence-corrected chi connectivity index (χ4v) is 1.57. The molecule has 3 nitrogen and oxygen atoms in total. The number of ketones is 1. The van der Waals surface area contributed by atoms with Gasteiger partial charge in [-0.05, 0) is 25.8 Å². The Morgan fingerprint density at radius 3 is 2.71 bits per heavy atom. The molecule has 1 aromatic heterocycles. The molecule has 0 aromatic carbocycles. The lowest BCUT2D eigenvalue weighted by Gasteiger charge is -2.00. The number of aryl methyl sites for hydroxylation is 3. The van der Waals surface area contributed by atoms with Gasteiger partial charge >= 0.3 is 0 Å². The Hall–Kier alpha value is -1.12. The first kappa shape index (κ1) is 11.0. The smallest absolute Gasteiger partial charge is 0.133 e. The van der Waals surface area contributed by atoms with Crippen LogP contribution in [0.5, 0.6) is 0 Å². The minimum atomic E-state index is 0.353. The Labute approximate surface area is 85.1 Å². The zero-order chi connectivity index (χ0) is 10.6. The van der Waals surface area contributed by atoms with E-state index in [0.29, 0.717) is 18.6 Å². The zero-order valence-corrected chi connectivity index (χ0v) is 9.21. The second-order valence-electron chi connectivity index (χ2n) is 3.69. The van der Waals surface area contributed by atoms with Crippen LogP contribution in [-0.2, 0) is 18.3 Å². The Morgan fingerprint density at radius 2 is 2.21 bits per heavy atom. The first-order chi connectivity index (χ1) is 6.63. The molecule has 1 rings (SSSR count). The van der Waals surface area contributed by atoms with Crippen LogP contribution in [0, 0.1) is 6.92 Å². The third kappa shape index (κ3) is 2.98. The molecule has 3 heteroatoms. The summed E-state index contributed by atoms with van der Waals surface area (Å²) >= 11 is 0. The predicted molar refractivity (Wildman–Crippen MR) is 56.2 cm³/mol. The van der Waals surface area contributed by atoms with Gasteiger partial charge in [0.1, 0.15) is 5.78 Å². The van der Waals surface area contributed by atoms with E-state index in [1.807, 2.05) is 31.6 Å². The standard InChI is InChI=1S/C11H18N2O/c1-4-5-11(14)7-6-10-8-9(2)12-13(10)3/h8H,4-7H2,1-3H3. The molecule has 0 radical (unpaired) electrons. The minimum Gasteiger partial charge on any atom is -0.300 e. The maximum Gasteiger partial charge on any atom is 0.133 e. The van der Waals surface area contributed by atoms with E-state index >= 15 is 0 Å². The van der Waals surface area contributed by atoms with Crippen LogP contribution in [0.1, 0.15) is 37.6 Å². The molecule has 78 valence electrons. The van der Waals surface area contributed by atoms with E-state index in [0.717, 1.165) is 24.2 Å². The van der Waals surface area contributed by atoms with Crippen molar-refractivity contribution in [2.24, 2.45) is 7.05 Å². The summed E-state index contributed by atoms with van der Waals surface area (Å²) in [4.78, 5) is 11.3. The molecule has 0 atom stereocenters. The summed E-state index contributed by atoms with van der Waals surface area (Å²) in [6, 6.07) is 2.04. The van der Waals surface area contributed by atoms with E-state index in [1.54, 1.807) is 0 Å². The van der Waals surface area contributed by atoms with Gasteiger partial charge in [-0.15, -0.1) is 0 Å². The summed E-state index contributed by atoms with van der Waals surface area (Å²) in [7, 11) is 1.92. The molecule has 0 N–H and O–H groups in total. The van der Waals surface area contributed by atoms with Crippen LogP contribution in [0.25, 0.3) is 0 Å². The van der Waals surface area contributed by atoms with Crippen LogP contribution < -0.4 is 0 Å². The lowest BCUT2D eigenvalue weighted by Crippen LogP contribution is -2.03. The van der Waals surface area contributed by atoms with Gasteiger partial charge in [-0.2, -0.15) is 5.10 Å². The molecule has 14 heavy (non-hydrogen) atoms. The minimum absolute atomic E-state index is 0.353. The molecule has 0 saturated carbocycles. The molecular weight excluding hydrogens is 176 g/mol. The average Bonchev–Trinajstić information content (AvgIpc) is 2.42. The summed E-state index contributed by atoms with van der Waals surface area (Å²) in [6.07, 6.45) is 3.11. The molecular formula is C11H18N2O. The van der Waals surface area contributed by atoms with Crippen molar-refractivity contribution in [2.75, 3.05) is 0 Å². The van der Waals surface area contributed by atoms with Gasteiger partial charge in [-0.3, -0.25) is 9.48 Å². The first-order valence-electron chi connectivity index (χ1n) is 5.14. The molecule has 1 heterocycles. The van der Waals surface area contributed by atoms with Crippen molar-refractivity contribution < 1.29 is 4.79 Å². The number of carbonyl (C=O) groups excluding carboxylic acids is 1. The molecule has 1 aromatic rings. The summed E-state index contributed by atoms with van der Waals surface area (Å²) in [5.74, 6) is 0.353. The molecule has 0 fully saturated rings. The van der Waals surface area contributed by atoms with Gasteiger partial charge in [0.25, 0.3) is 0 Å². The Bertz CT molecular complexity index is 315. The molecule has 0 spiro atoms. The van der Waals surface area contributed by atoms with Gasteiger partial charge in [0, 0.05) is 25.6 Å². The van der Waals surface area contributed by atoms with E-state index in [1.165, 1.54) is 0 Å². The maximum absolute atomic E-state index is 11.3. The van der Waals surface area contributed by atoms with Crippen molar-refractivity contribution in [3.63, 3.8) is 0 Å². The van der Waals surface area contributed by atoms with Crippen molar-refractivity contribution in [3.8, 4) is 0 Å². The highest BCUT2D eigenvalue weighted by Crippen LogP contribution is 2.06. The van der Waals surface area contributed by atoms with Gasteiger partial charge in [0.15, 0.2) is 0 Å². The van der Waals surface area contributed by atoms with Crippen LogP contribution in [0.15, 0.2) is 6.07 Å². The second kappa shape index (κ2) is 4.94. The fourth-order valence-electron chi connectivity index (χ4n) is 1.57. The van der Waals surface area contributed by atoms with Crippen LogP contribution >= 0.6 is 0 Å². The third-order valence-corrected chi connectivity index (χ3v) is 2.29. The molecule has 0 saturated heterocycles. The topological polar surface area (TPSA) is 34.9 Å². The van der Waals surface area contributed by atoms with Crippen molar-refractivity contribution in [2.45, 2.75) is 39.5 Å². The molecule has 0 amide bonds. The number of Topliss-reactive ketones (excluding diaryl/α,β-unsaturated/α-hetero) is 1. The highest BCUT2D eigenvalue weighted by atomic mass is 16.1. The fraction of sp³-hybridized carbons (Fsp3) is 0.636. The van der Waals surface area contributed by atoms with Gasteiger partial charge < -0.3 is 0 Å². The second-order valence-corrected chi connectivity index (χ2v) is 3.69. The Morgan fingerprint density at radius 1 is 1.50 bits per heavy atom. The number of nitrogens with zero attached hydrogens (tertiary/aromatic N) is 2. The quantitative estimate of drug-likeness (QED) is 0.719. The van der Waals surface area contributed by atoms with Crippen molar-refractivity contribution in [3.05, 3.63) is 17.5 Å². The summed E-state index contributed by atoms with van der Waals surface area (Å²) in [6.45, 7) is 4.00. The highest BCUT2D eigenvalue weighted by molar-refractivity contribution is 5.78. The number of aromatic nitrogens is 2. The summed E-state index contributed by atoms with van der Waals surface area (Å²) in [5.41, 5.74) is 2.16. The van der Waals surface area contributed by atoms with Gasteiger partial charge in [0.2, 0.25) is 0 Å². The van der Waals surface area contributed by atoms with E-state index < -0.39 is 0 Å².